The molecular formula is C6H5N3O. The monoisotopic (exact) mass is 135 g/mol. The summed E-state index contributed by atoms with van der Waals surface area (Å²) >= 11 is 0. The highest BCUT2D eigenvalue weighted by atomic mass is 16.3. The van der Waals surface area contributed by atoms with Gasteiger partial charge in [-0.05, 0) is 12.1 Å². The van der Waals surface area contributed by atoms with Crippen molar-refractivity contribution in [2.75, 3.05) is 0 Å². The molecule has 2 heterocycles. The molecule has 0 saturated carbocycles. The van der Waals surface area contributed by atoms with Gasteiger partial charge in [-0.15, -0.1) is 0 Å². The average Bonchev–Trinajstić information content (AvgIpc) is 2.36. The molecule has 0 amide bonds. The van der Waals surface area contributed by atoms with Crippen LogP contribution in [-0.2, 0) is 0 Å². The van der Waals surface area contributed by atoms with Gasteiger partial charge in [0.1, 0.15) is 5.65 Å². The molecule has 0 atom stereocenters. The van der Waals surface area contributed by atoms with E-state index in [-0.39, 0.29) is 5.68 Å². The van der Waals surface area contributed by atoms with Crippen LogP contribution < -0.4 is 5.68 Å². The molecule has 2 rings (SSSR count). The lowest BCUT2D eigenvalue weighted by Crippen LogP contribution is -2.09. The second-order valence-corrected chi connectivity index (χ2v) is 1.89. The van der Waals surface area contributed by atoms with E-state index in [9.17, 15) is 0 Å². The Kier molecular flexibility index (Phi) is 0.887. The van der Waals surface area contributed by atoms with Crippen molar-refractivity contribution in [1.82, 2.24) is 9.38 Å². The predicted molar refractivity (Wildman–Crippen MR) is 33.3 cm³/mol. The number of hydrogen-bond acceptors (Lipinski definition) is 3. The van der Waals surface area contributed by atoms with Gasteiger partial charge in [-0.1, -0.05) is 0 Å². The number of aromatic nitrogens is 2. The van der Waals surface area contributed by atoms with E-state index in [1.807, 2.05) is 12.1 Å². The maximum atomic E-state index is 7.24. The average molecular weight is 135 g/mol. The van der Waals surface area contributed by atoms with Crippen molar-refractivity contribution >= 4 is 5.65 Å². The Balaban J connectivity index is 3.09. The van der Waals surface area contributed by atoms with E-state index < -0.39 is 0 Å². The molecule has 0 aliphatic rings. The SMILES string of the molecule is N=c1ocnc2cccn12. The Morgan fingerprint density at radius 1 is 1.60 bits per heavy atom. The van der Waals surface area contributed by atoms with Crippen LogP contribution in [0, 0.1) is 5.41 Å². The third-order valence-electron chi connectivity index (χ3n) is 1.30. The van der Waals surface area contributed by atoms with Gasteiger partial charge in [-0.2, -0.15) is 0 Å². The van der Waals surface area contributed by atoms with Crippen molar-refractivity contribution in [3.05, 3.63) is 30.4 Å². The summed E-state index contributed by atoms with van der Waals surface area (Å²) in [4.78, 5) is 3.88. The Labute approximate surface area is 56.3 Å². The highest BCUT2D eigenvalue weighted by molar-refractivity contribution is 5.35. The van der Waals surface area contributed by atoms with Gasteiger partial charge in [0.15, 0.2) is 6.39 Å². The van der Waals surface area contributed by atoms with Gasteiger partial charge in [0, 0.05) is 6.20 Å². The summed E-state index contributed by atoms with van der Waals surface area (Å²) in [5.74, 6) is 0. The van der Waals surface area contributed by atoms with E-state index in [2.05, 4.69) is 4.98 Å². The molecule has 0 saturated heterocycles. The van der Waals surface area contributed by atoms with Crippen LogP contribution in [0.25, 0.3) is 5.65 Å². The van der Waals surface area contributed by atoms with Gasteiger partial charge in [-0.3, -0.25) is 9.81 Å². The van der Waals surface area contributed by atoms with E-state index in [0.717, 1.165) is 5.65 Å². The van der Waals surface area contributed by atoms with E-state index in [0.29, 0.717) is 0 Å². The molecule has 0 radical (unpaired) electrons. The Morgan fingerprint density at radius 3 is 3.30 bits per heavy atom. The molecule has 4 heteroatoms. The zero-order valence-electron chi connectivity index (χ0n) is 5.11. The Morgan fingerprint density at radius 2 is 2.50 bits per heavy atom. The molecule has 0 spiro atoms. The molecule has 0 aliphatic carbocycles. The van der Waals surface area contributed by atoms with Gasteiger partial charge in [0.2, 0.25) is 0 Å². The summed E-state index contributed by atoms with van der Waals surface area (Å²) in [6.45, 7) is 0. The van der Waals surface area contributed by atoms with E-state index in [4.69, 9.17) is 9.83 Å². The number of hydrogen-bond donors (Lipinski definition) is 1. The summed E-state index contributed by atoms with van der Waals surface area (Å²) in [7, 11) is 0. The second-order valence-electron chi connectivity index (χ2n) is 1.89. The van der Waals surface area contributed by atoms with Crippen LogP contribution in [-0.4, -0.2) is 9.38 Å². The lowest BCUT2D eigenvalue weighted by Gasteiger charge is -1.88. The van der Waals surface area contributed by atoms with Crippen LogP contribution in [0.2, 0.25) is 0 Å². The zero-order valence-corrected chi connectivity index (χ0v) is 5.11. The molecule has 0 aromatic carbocycles. The number of rotatable bonds is 0. The first-order valence-electron chi connectivity index (χ1n) is 2.83. The first kappa shape index (κ1) is 5.22. The summed E-state index contributed by atoms with van der Waals surface area (Å²) in [5.41, 5.74) is 0.825. The molecule has 0 unspecified atom stereocenters. The molecule has 0 aliphatic heterocycles. The molecule has 1 N–H and O–H groups in total. The molecule has 50 valence electrons. The quantitative estimate of drug-likeness (QED) is 0.568. The minimum absolute atomic E-state index is 0.0926. The van der Waals surface area contributed by atoms with E-state index in [1.54, 1.807) is 10.6 Å². The second kappa shape index (κ2) is 1.70. The maximum absolute atomic E-state index is 7.24. The van der Waals surface area contributed by atoms with Crippen molar-refractivity contribution in [3.8, 4) is 0 Å². The fourth-order valence-electron chi connectivity index (χ4n) is 0.836. The van der Waals surface area contributed by atoms with E-state index >= 15 is 0 Å². The summed E-state index contributed by atoms with van der Waals surface area (Å²) in [5, 5.41) is 7.24. The van der Waals surface area contributed by atoms with Gasteiger partial charge in [0.25, 0.3) is 0 Å². The Hall–Kier alpha value is -1.58. The smallest absolute Gasteiger partial charge is 0.300 e. The highest BCUT2D eigenvalue weighted by Crippen LogP contribution is 1.93. The van der Waals surface area contributed by atoms with Crippen LogP contribution in [0.5, 0.6) is 0 Å². The highest BCUT2D eigenvalue weighted by Gasteiger charge is 1.91. The van der Waals surface area contributed by atoms with Gasteiger partial charge < -0.3 is 4.42 Å². The van der Waals surface area contributed by atoms with Crippen LogP contribution in [0.1, 0.15) is 0 Å². The van der Waals surface area contributed by atoms with Crippen molar-refractivity contribution in [2.24, 2.45) is 0 Å². The van der Waals surface area contributed by atoms with Crippen LogP contribution in [0.15, 0.2) is 29.1 Å². The van der Waals surface area contributed by atoms with Crippen molar-refractivity contribution < 1.29 is 4.42 Å². The van der Waals surface area contributed by atoms with Gasteiger partial charge in [-0.25, -0.2) is 4.98 Å². The summed E-state index contributed by atoms with van der Waals surface area (Å²) < 4.78 is 6.27. The predicted octanol–water partition coefficient (Wildman–Crippen LogP) is 0.407. The first-order valence-corrected chi connectivity index (χ1v) is 2.83. The third-order valence-corrected chi connectivity index (χ3v) is 1.30. The molecule has 10 heavy (non-hydrogen) atoms. The number of nitrogens with zero attached hydrogens (tertiary/aromatic N) is 2. The first-order chi connectivity index (χ1) is 4.88. The Bertz CT molecular complexity index is 400. The summed E-state index contributed by atoms with van der Waals surface area (Å²) in [6, 6.07) is 3.63. The third kappa shape index (κ3) is 0.556. The lowest BCUT2D eigenvalue weighted by atomic mass is 10.6. The maximum Gasteiger partial charge on any atom is 0.300 e. The van der Waals surface area contributed by atoms with Gasteiger partial charge >= 0.3 is 5.68 Å². The zero-order chi connectivity index (χ0) is 6.97. The molecule has 2 aromatic rings. The van der Waals surface area contributed by atoms with Crippen LogP contribution in [0.3, 0.4) is 0 Å². The molecular weight excluding hydrogens is 130 g/mol. The molecule has 0 bridgehead atoms. The van der Waals surface area contributed by atoms with Crippen molar-refractivity contribution in [1.29, 1.82) is 5.41 Å². The van der Waals surface area contributed by atoms with Gasteiger partial charge in [0.05, 0.1) is 0 Å². The van der Waals surface area contributed by atoms with Crippen molar-refractivity contribution in [2.45, 2.75) is 0 Å². The normalized spacial score (nSPS) is 10.4. The largest absolute Gasteiger partial charge is 0.413 e. The molecule has 2 aromatic heterocycles. The minimum Gasteiger partial charge on any atom is -0.413 e. The minimum atomic E-state index is 0.0926. The fourth-order valence-corrected chi connectivity index (χ4v) is 0.836. The fraction of sp³-hybridized carbons (Fsp3) is 0. The topological polar surface area (TPSA) is 54.3 Å². The number of fused-ring (bicyclic) bond motifs is 1. The lowest BCUT2D eigenvalue weighted by molar-refractivity contribution is 0.432. The summed E-state index contributed by atoms with van der Waals surface area (Å²) in [6.07, 6.45) is 2.99. The molecule has 0 fully saturated rings. The standard InChI is InChI=1S/C6H5N3O/c7-6-9-3-1-2-5(9)8-4-10-6/h1-4,7H. The van der Waals surface area contributed by atoms with Crippen LogP contribution in [0.4, 0.5) is 0 Å². The van der Waals surface area contributed by atoms with E-state index in [1.165, 1.54) is 6.39 Å². The van der Waals surface area contributed by atoms with Crippen molar-refractivity contribution in [3.63, 3.8) is 0 Å². The number of nitrogens with one attached hydrogen (secondary N) is 1. The van der Waals surface area contributed by atoms with Crippen LogP contribution >= 0.6 is 0 Å². The molecule has 4 nitrogen and oxygen atoms in total.